The topological polar surface area (TPSA) is 39.9 Å². The molecule has 0 bridgehead atoms. The molecule has 1 aromatic rings. The number of nitrogens with zero attached hydrogens (tertiary/aromatic N) is 3. The van der Waals surface area contributed by atoms with Crippen molar-refractivity contribution in [1.82, 2.24) is 4.98 Å². The van der Waals surface area contributed by atoms with E-state index in [0.717, 1.165) is 11.4 Å². The standard InChI is InChI=1S/C11H15N3/c1-9-5-4-8-13-11(9)14(3)10(2)6-7-12/h4-5,8,10H,6H2,1-3H3. The number of hydrogen-bond acceptors (Lipinski definition) is 3. The molecule has 1 rings (SSSR count). The summed E-state index contributed by atoms with van der Waals surface area (Å²) in [6.45, 7) is 4.05. The summed E-state index contributed by atoms with van der Waals surface area (Å²) in [6, 6.07) is 6.31. The lowest BCUT2D eigenvalue weighted by Crippen LogP contribution is -2.29. The number of anilines is 1. The first-order valence-electron chi connectivity index (χ1n) is 4.68. The fraction of sp³-hybridized carbons (Fsp3) is 0.455. The van der Waals surface area contributed by atoms with Gasteiger partial charge in [0.15, 0.2) is 0 Å². The van der Waals surface area contributed by atoms with Gasteiger partial charge in [-0.1, -0.05) is 6.07 Å². The van der Waals surface area contributed by atoms with Gasteiger partial charge in [0.05, 0.1) is 12.5 Å². The molecule has 0 aromatic carbocycles. The minimum absolute atomic E-state index is 0.202. The van der Waals surface area contributed by atoms with Crippen molar-refractivity contribution in [3.63, 3.8) is 0 Å². The molecule has 1 heterocycles. The number of aromatic nitrogens is 1. The minimum Gasteiger partial charge on any atom is -0.356 e. The van der Waals surface area contributed by atoms with Crippen molar-refractivity contribution in [1.29, 1.82) is 5.26 Å². The highest BCUT2D eigenvalue weighted by molar-refractivity contribution is 5.45. The molecular formula is C11H15N3. The van der Waals surface area contributed by atoms with E-state index in [2.05, 4.69) is 11.1 Å². The first-order chi connectivity index (χ1) is 6.66. The Balaban J connectivity index is 2.84. The van der Waals surface area contributed by atoms with Crippen LogP contribution in [0.2, 0.25) is 0 Å². The SMILES string of the molecule is Cc1cccnc1N(C)C(C)CC#N. The molecule has 0 N–H and O–H groups in total. The Morgan fingerprint density at radius 2 is 2.36 bits per heavy atom. The molecule has 0 fully saturated rings. The van der Waals surface area contributed by atoms with E-state index in [-0.39, 0.29) is 6.04 Å². The second-order valence-corrected chi connectivity index (χ2v) is 3.47. The van der Waals surface area contributed by atoms with Crippen LogP contribution in [-0.4, -0.2) is 18.1 Å². The van der Waals surface area contributed by atoms with Crippen LogP contribution in [0.15, 0.2) is 18.3 Å². The number of rotatable bonds is 3. The summed E-state index contributed by atoms with van der Waals surface area (Å²) < 4.78 is 0. The van der Waals surface area contributed by atoms with E-state index >= 15 is 0 Å². The monoisotopic (exact) mass is 189 g/mol. The highest BCUT2D eigenvalue weighted by atomic mass is 15.2. The first kappa shape index (κ1) is 10.5. The van der Waals surface area contributed by atoms with Gasteiger partial charge in [-0.3, -0.25) is 0 Å². The van der Waals surface area contributed by atoms with Crippen LogP contribution in [0, 0.1) is 18.3 Å². The summed E-state index contributed by atoms with van der Waals surface area (Å²) >= 11 is 0. The van der Waals surface area contributed by atoms with E-state index in [9.17, 15) is 0 Å². The second kappa shape index (κ2) is 4.61. The molecule has 74 valence electrons. The normalized spacial score (nSPS) is 11.9. The van der Waals surface area contributed by atoms with Crippen molar-refractivity contribution in [3.05, 3.63) is 23.9 Å². The van der Waals surface area contributed by atoms with Gasteiger partial charge in [-0.2, -0.15) is 5.26 Å². The van der Waals surface area contributed by atoms with Crippen LogP contribution < -0.4 is 4.90 Å². The van der Waals surface area contributed by atoms with E-state index < -0.39 is 0 Å². The van der Waals surface area contributed by atoms with E-state index in [1.165, 1.54) is 0 Å². The molecule has 0 aliphatic rings. The molecule has 1 atom stereocenters. The molecule has 1 unspecified atom stereocenters. The van der Waals surface area contributed by atoms with Gasteiger partial charge in [-0.25, -0.2) is 4.98 Å². The Hall–Kier alpha value is -1.56. The van der Waals surface area contributed by atoms with Crippen LogP contribution in [0.1, 0.15) is 18.9 Å². The molecule has 0 spiro atoms. The average Bonchev–Trinajstić information content (AvgIpc) is 2.18. The quantitative estimate of drug-likeness (QED) is 0.731. The average molecular weight is 189 g/mol. The number of pyridine rings is 1. The molecule has 3 heteroatoms. The molecule has 0 aliphatic carbocycles. The van der Waals surface area contributed by atoms with Crippen molar-refractivity contribution in [3.8, 4) is 6.07 Å². The third-order valence-corrected chi connectivity index (χ3v) is 2.36. The summed E-state index contributed by atoms with van der Waals surface area (Å²) in [5.41, 5.74) is 1.14. The zero-order valence-electron chi connectivity index (χ0n) is 8.86. The third-order valence-electron chi connectivity index (χ3n) is 2.36. The zero-order valence-corrected chi connectivity index (χ0v) is 8.86. The predicted octanol–water partition coefficient (Wildman–Crippen LogP) is 2.13. The van der Waals surface area contributed by atoms with Crippen LogP contribution in [0.5, 0.6) is 0 Å². The fourth-order valence-electron chi connectivity index (χ4n) is 1.32. The molecule has 0 aliphatic heterocycles. The maximum absolute atomic E-state index is 8.60. The molecule has 0 saturated carbocycles. The zero-order chi connectivity index (χ0) is 10.6. The largest absolute Gasteiger partial charge is 0.356 e. The maximum atomic E-state index is 8.60. The molecule has 0 radical (unpaired) electrons. The molecule has 3 nitrogen and oxygen atoms in total. The van der Waals surface area contributed by atoms with E-state index in [4.69, 9.17) is 5.26 Å². The van der Waals surface area contributed by atoms with Gasteiger partial charge in [0.1, 0.15) is 5.82 Å². The van der Waals surface area contributed by atoms with E-state index in [1.807, 2.05) is 37.9 Å². The predicted molar refractivity (Wildman–Crippen MR) is 57.1 cm³/mol. The van der Waals surface area contributed by atoms with Crippen LogP contribution in [0.4, 0.5) is 5.82 Å². The van der Waals surface area contributed by atoms with Crippen LogP contribution >= 0.6 is 0 Å². The summed E-state index contributed by atoms with van der Waals surface area (Å²) in [7, 11) is 1.97. The maximum Gasteiger partial charge on any atom is 0.131 e. The molecular weight excluding hydrogens is 174 g/mol. The molecule has 1 aromatic heterocycles. The van der Waals surface area contributed by atoms with Crippen molar-refractivity contribution in [2.24, 2.45) is 0 Å². The third kappa shape index (κ3) is 2.23. The lowest BCUT2D eigenvalue weighted by molar-refractivity contribution is 0.692. The van der Waals surface area contributed by atoms with Crippen molar-refractivity contribution in [2.45, 2.75) is 26.3 Å². The van der Waals surface area contributed by atoms with Gasteiger partial charge in [-0.15, -0.1) is 0 Å². The number of hydrogen-bond donors (Lipinski definition) is 0. The molecule has 0 saturated heterocycles. The van der Waals surface area contributed by atoms with E-state index in [1.54, 1.807) is 6.20 Å². The van der Waals surface area contributed by atoms with Gasteiger partial charge >= 0.3 is 0 Å². The van der Waals surface area contributed by atoms with Gasteiger partial charge in [0, 0.05) is 19.3 Å². The Labute approximate surface area is 85.0 Å². The minimum atomic E-state index is 0.202. The Bertz CT molecular complexity index is 341. The Kier molecular flexibility index (Phi) is 3.47. The lowest BCUT2D eigenvalue weighted by Gasteiger charge is -2.25. The van der Waals surface area contributed by atoms with Crippen LogP contribution in [0.3, 0.4) is 0 Å². The smallest absolute Gasteiger partial charge is 0.131 e. The lowest BCUT2D eigenvalue weighted by atomic mass is 10.2. The number of nitriles is 1. The van der Waals surface area contributed by atoms with Gasteiger partial charge < -0.3 is 4.90 Å². The molecule has 0 amide bonds. The fourth-order valence-corrected chi connectivity index (χ4v) is 1.32. The Morgan fingerprint density at radius 1 is 1.64 bits per heavy atom. The highest BCUT2D eigenvalue weighted by Crippen LogP contribution is 2.17. The highest BCUT2D eigenvalue weighted by Gasteiger charge is 2.11. The Morgan fingerprint density at radius 3 is 2.93 bits per heavy atom. The van der Waals surface area contributed by atoms with E-state index in [0.29, 0.717) is 6.42 Å². The van der Waals surface area contributed by atoms with Crippen LogP contribution in [-0.2, 0) is 0 Å². The van der Waals surface area contributed by atoms with Gasteiger partial charge in [0.25, 0.3) is 0 Å². The number of aryl methyl sites for hydroxylation is 1. The summed E-state index contributed by atoms with van der Waals surface area (Å²) in [6.07, 6.45) is 2.30. The van der Waals surface area contributed by atoms with Crippen molar-refractivity contribution < 1.29 is 0 Å². The summed E-state index contributed by atoms with van der Waals surface area (Å²) in [4.78, 5) is 6.34. The van der Waals surface area contributed by atoms with Gasteiger partial charge in [-0.05, 0) is 25.5 Å². The summed E-state index contributed by atoms with van der Waals surface area (Å²) in [5.74, 6) is 0.954. The second-order valence-electron chi connectivity index (χ2n) is 3.47. The van der Waals surface area contributed by atoms with Crippen LogP contribution in [0.25, 0.3) is 0 Å². The first-order valence-corrected chi connectivity index (χ1v) is 4.68. The van der Waals surface area contributed by atoms with Crippen molar-refractivity contribution >= 4 is 5.82 Å². The molecule has 14 heavy (non-hydrogen) atoms. The summed E-state index contributed by atoms with van der Waals surface area (Å²) in [5, 5.41) is 8.60. The van der Waals surface area contributed by atoms with Gasteiger partial charge in [0.2, 0.25) is 0 Å². The van der Waals surface area contributed by atoms with Crippen molar-refractivity contribution in [2.75, 3.05) is 11.9 Å².